The Morgan fingerprint density at radius 1 is 1.00 bits per heavy atom. The minimum absolute atomic E-state index is 0.556. The quantitative estimate of drug-likeness (QED) is 0.346. The van der Waals surface area contributed by atoms with Gasteiger partial charge in [0.05, 0.1) is 13.2 Å². The van der Waals surface area contributed by atoms with Gasteiger partial charge in [-0.3, -0.25) is 0 Å². The molecule has 0 aromatic heterocycles. The van der Waals surface area contributed by atoms with E-state index in [1.807, 2.05) is 27.7 Å². The molecular formula is C19H37NO2. The summed E-state index contributed by atoms with van der Waals surface area (Å²) < 4.78 is 10.9. The van der Waals surface area contributed by atoms with Crippen LogP contribution >= 0.6 is 0 Å². The van der Waals surface area contributed by atoms with E-state index in [1.165, 1.54) is 32.4 Å². The molecule has 0 bridgehead atoms. The number of hydrogen-bond donors (Lipinski definition) is 0. The highest BCUT2D eigenvalue weighted by molar-refractivity contribution is 5.12. The summed E-state index contributed by atoms with van der Waals surface area (Å²) in [6.07, 6.45) is 9.34. The molecule has 1 fully saturated rings. The van der Waals surface area contributed by atoms with Gasteiger partial charge in [0.25, 0.3) is 0 Å². The SMILES string of the molecule is C=C/C=C\C(=C)OCCOCCN1CCCCC1.CC.CC. The second kappa shape index (κ2) is 19.9. The van der Waals surface area contributed by atoms with Gasteiger partial charge in [0, 0.05) is 6.54 Å². The van der Waals surface area contributed by atoms with Crippen LogP contribution in [0, 0.1) is 0 Å². The van der Waals surface area contributed by atoms with Gasteiger partial charge >= 0.3 is 0 Å². The molecule has 0 unspecified atom stereocenters. The maximum Gasteiger partial charge on any atom is 0.112 e. The third-order valence-electron chi connectivity index (χ3n) is 2.93. The summed E-state index contributed by atoms with van der Waals surface area (Å²) in [5, 5.41) is 0. The molecule has 0 saturated carbocycles. The van der Waals surface area contributed by atoms with Gasteiger partial charge in [-0.25, -0.2) is 0 Å². The van der Waals surface area contributed by atoms with E-state index in [1.54, 1.807) is 18.2 Å². The molecule has 0 aromatic rings. The predicted molar refractivity (Wildman–Crippen MR) is 98.2 cm³/mol. The molecule has 0 radical (unpaired) electrons. The fourth-order valence-electron chi connectivity index (χ4n) is 1.93. The third-order valence-corrected chi connectivity index (χ3v) is 2.93. The molecule has 0 atom stereocenters. The van der Waals surface area contributed by atoms with E-state index in [4.69, 9.17) is 9.47 Å². The van der Waals surface area contributed by atoms with Crippen LogP contribution in [0.1, 0.15) is 47.0 Å². The van der Waals surface area contributed by atoms with Crippen LogP contribution < -0.4 is 0 Å². The lowest BCUT2D eigenvalue weighted by atomic mass is 10.1. The monoisotopic (exact) mass is 311 g/mol. The smallest absolute Gasteiger partial charge is 0.112 e. The van der Waals surface area contributed by atoms with Gasteiger partial charge in [0.2, 0.25) is 0 Å². The largest absolute Gasteiger partial charge is 0.492 e. The number of piperidine rings is 1. The van der Waals surface area contributed by atoms with Gasteiger partial charge in [-0.1, -0.05) is 59.4 Å². The molecule has 0 aliphatic carbocycles. The summed E-state index contributed by atoms with van der Waals surface area (Å²) in [7, 11) is 0. The Morgan fingerprint density at radius 3 is 2.23 bits per heavy atom. The van der Waals surface area contributed by atoms with Crippen molar-refractivity contribution < 1.29 is 9.47 Å². The van der Waals surface area contributed by atoms with Crippen molar-refractivity contribution in [3.63, 3.8) is 0 Å². The number of allylic oxidation sites excluding steroid dienone is 3. The van der Waals surface area contributed by atoms with E-state index in [2.05, 4.69) is 18.1 Å². The maximum absolute atomic E-state index is 5.54. The summed E-state index contributed by atoms with van der Waals surface area (Å²) in [6.45, 7) is 20.8. The molecule has 1 rings (SSSR count). The lowest BCUT2D eigenvalue weighted by Gasteiger charge is -2.26. The van der Waals surface area contributed by atoms with Crippen molar-refractivity contribution in [2.45, 2.75) is 47.0 Å². The van der Waals surface area contributed by atoms with Crippen molar-refractivity contribution in [1.29, 1.82) is 0 Å². The van der Waals surface area contributed by atoms with Gasteiger partial charge in [-0.2, -0.15) is 0 Å². The minimum Gasteiger partial charge on any atom is -0.492 e. The van der Waals surface area contributed by atoms with Crippen molar-refractivity contribution in [2.24, 2.45) is 0 Å². The number of rotatable bonds is 9. The van der Waals surface area contributed by atoms with Crippen LogP contribution in [0.5, 0.6) is 0 Å². The molecular weight excluding hydrogens is 274 g/mol. The standard InChI is InChI=1S/C15H25NO2.2C2H6/c1-3-4-8-15(2)18-14-13-17-12-11-16-9-6-5-7-10-16;2*1-2/h3-4,8H,1-2,5-7,9-14H2;2*1-2H3/b8-4-;;. The lowest BCUT2D eigenvalue weighted by Crippen LogP contribution is -2.32. The first-order chi connectivity index (χ1) is 10.8. The maximum atomic E-state index is 5.54. The van der Waals surface area contributed by atoms with E-state index in [0.717, 1.165) is 13.2 Å². The van der Waals surface area contributed by atoms with Crippen LogP contribution in [-0.4, -0.2) is 44.4 Å². The van der Waals surface area contributed by atoms with E-state index < -0.39 is 0 Å². The Labute approximate surface area is 138 Å². The van der Waals surface area contributed by atoms with Gasteiger partial charge in [-0.05, 0) is 32.0 Å². The Morgan fingerprint density at radius 2 is 1.64 bits per heavy atom. The third kappa shape index (κ3) is 15.3. The van der Waals surface area contributed by atoms with Crippen molar-refractivity contribution in [2.75, 3.05) is 39.5 Å². The molecule has 3 heteroatoms. The average Bonchev–Trinajstić information content (AvgIpc) is 2.60. The zero-order chi connectivity index (χ0) is 17.1. The van der Waals surface area contributed by atoms with E-state index in [9.17, 15) is 0 Å². The molecule has 0 aromatic carbocycles. The average molecular weight is 312 g/mol. The first kappa shape index (κ1) is 23.2. The summed E-state index contributed by atoms with van der Waals surface area (Å²) >= 11 is 0. The first-order valence-electron chi connectivity index (χ1n) is 8.74. The highest BCUT2D eigenvalue weighted by Crippen LogP contribution is 2.07. The second-order valence-electron chi connectivity index (χ2n) is 4.42. The van der Waals surface area contributed by atoms with Crippen LogP contribution in [0.25, 0.3) is 0 Å². The van der Waals surface area contributed by atoms with E-state index >= 15 is 0 Å². The molecule has 1 aliphatic rings. The lowest BCUT2D eigenvalue weighted by molar-refractivity contribution is 0.0605. The molecule has 130 valence electrons. The first-order valence-corrected chi connectivity index (χ1v) is 8.74. The van der Waals surface area contributed by atoms with Crippen molar-refractivity contribution in [3.8, 4) is 0 Å². The molecule has 1 saturated heterocycles. The van der Waals surface area contributed by atoms with E-state index in [0.29, 0.717) is 19.0 Å². The van der Waals surface area contributed by atoms with Crippen LogP contribution in [0.2, 0.25) is 0 Å². The second-order valence-corrected chi connectivity index (χ2v) is 4.42. The zero-order valence-corrected chi connectivity index (χ0v) is 15.3. The van der Waals surface area contributed by atoms with Crippen LogP contribution in [0.15, 0.2) is 37.1 Å². The van der Waals surface area contributed by atoms with Crippen LogP contribution in [0.3, 0.4) is 0 Å². The molecule has 3 nitrogen and oxygen atoms in total. The number of likely N-dealkylation sites (tertiary alicyclic amines) is 1. The number of nitrogens with zero attached hydrogens (tertiary/aromatic N) is 1. The highest BCUT2D eigenvalue weighted by Gasteiger charge is 2.08. The topological polar surface area (TPSA) is 21.7 Å². The Balaban J connectivity index is 0. The van der Waals surface area contributed by atoms with Crippen LogP contribution in [0.4, 0.5) is 0 Å². The normalized spacial score (nSPS) is 14.4. The Bertz CT molecular complexity index is 269. The molecule has 0 N–H and O–H groups in total. The fourth-order valence-corrected chi connectivity index (χ4v) is 1.93. The Hall–Kier alpha value is -1.06. The van der Waals surface area contributed by atoms with Gasteiger partial charge in [-0.15, -0.1) is 0 Å². The molecule has 1 heterocycles. The van der Waals surface area contributed by atoms with Gasteiger partial charge in [0.1, 0.15) is 12.4 Å². The molecule has 22 heavy (non-hydrogen) atoms. The molecule has 1 aliphatic heterocycles. The summed E-state index contributed by atoms with van der Waals surface area (Å²) in [6, 6.07) is 0. The van der Waals surface area contributed by atoms with Crippen LogP contribution in [-0.2, 0) is 9.47 Å². The summed E-state index contributed by atoms with van der Waals surface area (Å²) in [4.78, 5) is 2.47. The summed E-state index contributed by atoms with van der Waals surface area (Å²) in [5.74, 6) is 0.648. The zero-order valence-electron chi connectivity index (χ0n) is 15.3. The van der Waals surface area contributed by atoms with Gasteiger partial charge in [0.15, 0.2) is 0 Å². The van der Waals surface area contributed by atoms with Gasteiger partial charge < -0.3 is 14.4 Å². The van der Waals surface area contributed by atoms with Crippen molar-refractivity contribution in [1.82, 2.24) is 4.90 Å². The van der Waals surface area contributed by atoms with E-state index in [-0.39, 0.29) is 0 Å². The molecule has 0 spiro atoms. The molecule has 0 amide bonds. The Kier molecular flexibility index (Phi) is 21.0. The van der Waals surface area contributed by atoms with Crippen molar-refractivity contribution in [3.05, 3.63) is 37.1 Å². The number of ether oxygens (including phenoxy) is 2. The minimum atomic E-state index is 0.556. The summed E-state index contributed by atoms with van der Waals surface area (Å²) in [5.41, 5.74) is 0. The number of hydrogen-bond acceptors (Lipinski definition) is 3. The predicted octanol–water partition coefficient (Wildman–Crippen LogP) is 4.81. The highest BCUT2D eigenvalue weighted by atomic mass is 16.5. The van der Waals surface area contributed by atoms with Crippen molar-refractivity contribution >= 4 is 0 Å². The fraction of sp³-hybridized carbons (Fsp3) is 0.684.